The normalized spacial score (nSPS) is 21.3. The number of rotatable bonds is 4. The molecule has 0 heterocycles. The molecule has 5 nitrogen and oxygen atoms in total. The lowest BCUT2D eigenvalue weighted by Crippen LogP contribution is -2.59. The van der Waals surface area contributed by atoms with Crippen LogP contribution in [-0.4, -0.2) is 37.3 Å². The molecule has 3 N–H and O–H groups in total. The SMILES string of the molecule is CN(C)S(=O)(=O)NC1(C(N)=S)CCCCCCC1. The Morgan fingerprint density at radius 3 is 2.00 bits per heavy atom. The molecule has 0 spiro atoms. The molecule has 1 aliphatic carbocycles. The summed E-state index contributed by atoms with van der Waals surface area (Å²) in [7, 11) is -0.516. The second-order valence-corrected chi connectivity index (χ2v) is 7.43. The predicted molar refractivity (Wildman–Crippen MR) is 77.6 cm³/mol. The third kappa shape index (κ3) is 3.88. The predicted octanol–water partition coefficient (Wildman–Crippen LogP) is 1.15. The molecule has 0 unspecified atom stereocenters. The fraction of sp³-hybridized carbons (Fsp3) is 0.909. The molecule has 0 saturated heterocycles. The van der Waals surface area contributed by atoms with Crippen molar-refractivity contribution in [3.05, 3.63) is 0 Å². The van der Waals surface area contributed by atoms with Crippen LogP contribution in [0.3, 0.4) is 0 Å². The van der Waals surface area contributed by atoms with Crippen molar-refractivity contribution in [3.8, 4) is 0 Å². The summed E-state index contributed by atoms with van der Waals surface area (Å²) in [6.07, 6.45) is 6.70. The van der Waals surface area contributed by atoms with Crippen LogP contribution in [0.4, 0.5) is 0 Å². The van der Waals surface area contributed by atoms with Gasteiger partial charge in [-0.25, -0.2) is 0 Å². The highest BCUT2D eigenvalue weighted by Crippen LogP contribution is 2.27. The van der Waals surface area contributed by atoms with E-state index in [0.29, 0.717) is 12.8 Å². The molecule has 106 valence electrons. The molecule has 1 saturated carbocycles. The standard InChI is InChI=1S/C11H23N3O2S2/c1-14(2)18(15,16)13-11(10(12)17)8-6-4-3-5-7-9-11/h13H,3-9H2,1-2H3,(H2,12,17). The highest BCUT2D eigenvalue weighted by Gasteiger charge is 2.37. The molecular formula is C11H23N3O2S2. The van der Waals surface area contributed by atoms with Crippen molar-refractivity contribution < 1.29 is 8.42 Å². The molecule has 0 aromatic carbocycles. The number of hydrogen-bond acceptors (Lipinski definition) is 3. The summed E-state index contributed by atoms with van der Waals surface area (Å²) in [5.41, 5.74) is 5.06. The molecular weight excluding hydrogens is 270 g/mol. The monoisotopic (exact) mass is 293 g/mol. The minimum absolute atomic E-state index is 0.259. The van der Waals surface area contributed by atoms with E-state index < -0.39 is 15.7 Å². The van der Waals surface area contributed by atoms with Crippen molar-refractivity contribution in [2.75, 3.05) is 14.1 Å². The second-order valence-electron chi connectivity index (χ2n) is 5.10. The maximum Gasteiger partial charge on any atom is 0.279 e. The Morgan fingerprint density at radius 1 is 1.17 bits per heavy atom. The van der Waals surface area contributed by atoms with Gasteiger partial charge in [-0.3, -0.25) is 0 Å². The van der Waals surface area contributed by atoms with Crippen molar-refractivity contribution in [2.24, 2.45) is 5.73 Å². The van der Waals surface area contributed by atoms with Crippen LogP contribution >= 0.6 is 12.2 Å². The number of nitrogens with two attached hydrogens (primary N) is 1. The van der Waals surface area contributed by atoms with Crippen LogP contribution in [-0.2, 0) is 10.2 Å². The molecule has 1 aliphatic rings. The summed E-state index contributed by atoms with van der Waals surface area (Å²) in [5.74, 6) is 0. The van der Waals surface area contributed by atoms with E-state index in [1.165, 1.54) is 20.5 Å². The molecule has 0 atom stereocenters. The second kappa shape index (κ2) is 6.27. The Hall–Kier alpha value is -0.240. The lowest BCUT2D eigenvalue weighted by Gasteiger charge is -2.35. The van der Waals surface area contributed by atoms with Crippen LogP contribution in [0.15, 0.2) is 0 Å². The molecule has 0 bridgehead atoms. The molecule has 1 fully saturated rings. The largest absolute Gasteiger partial charge is 0.392 e. The third-order valence-electron chi connectivity index (χ3n) is 3.48. The molecule has 0 amide bonds. The summed E-state index contributed by atoms with van der Waals surface area (Å²) in [4.78, 5) is 0.259. The van der Waals surface area contributed by atoms with Gasteiger partial charge < -0.3 is 5.73 Å². The highest BCUT2D eigenvalue weighted by atomic mass is 32.2. The Labute approximate surface area is 115 Å². The Bertz CT molecular complexity index is 385. The number of nitrogens with one attached hydrogen (secondary N) is 1. The van der Waals surface area contributed by atoms with Gasteiger partial charge in [-0.05, 0) is 12.8 Å². The van der Waals surface area contributed by atoms with Crippen LogP contribution in [0.5, 0.6) is 0 Å². The summed E-state index contributed by atoms with van der Waals surface area (Å²) in [6, 6.07) is 0. The van der Waals surface area contributed by atoms with Gasteiger partial charge in [0.15, 0.2) is 0 Å². The van der Waals surface area contributed by atoms with Gasteiger partial charge in [0.25, 0.3) is 10.2 Å². The molecule has 7 heteroatoms. The minimum Gasteiger partial charge on any atom is -0.392 e. The molecule has 0 aromatic heterocycles. The van der Waals surface area contributed by atoms with Crippen molar-refractivity contribution in [1.82, 2.24) is 9.03 Å². The lowest BCUT2D eigenvalue weighted by atomic mass is 9.85. The van der Waals surface area contributed by atoms with Gasteiger partial charge in [0, 0.05) is 14.1 Å². The maximum absolute atomic E-state index is 12.0. The lowest BCUT2D eigenvalue weighted by molar-refractivity contribution is 0.363. The zero-order chi connectivity index (χ0) is 13.8. The van der Waals surface area contributed by atoms with Gasteiger partial charge in [0.2, 0.25) is 0 Å². The van der Waals surface area contributed by atoms with Gasteiger partial charge in [0.05, 0.1) is 10.5 Å². The maximum atomic E-state index is 12.0. The smallest absolute Gasteiger partial charge is 0.279 e. The van der Waals surface area contributed by atoms with Gasteiger partial charge >= 0.3 is 0 Å². The zero-order valence-corrected chi connectivity index (χ0v) is 12.7. The van der Waals surface area contributed by atoms with E-state index in [2.05, 4.69) is 4.72 Å². The first-order valence-corrected chi connectivity index (χ1v) is 8.16. The Balaban J connectivity index is 2.95. The van der Waals surface area contributed by atoms with Crippen LogP contribution in [0.25, 0.3) is 0 Å². The average Bonchev–Trinajstić information content (AvgIpc) is 2.21. The quantitative estimate of drug-likeness (QED) is 0.763. The van der Waals surface area contributed by atoms with Crippen molar-refractivity contribution in [2.45, 2.75) is 50.5 Å². The number of thiocarbonyl (C=S) groups is 1. The van der Waals surface area contributed by atoms with E-state index in [-0.39, 0.29) is 4.99 Å². The molecule has 18 heavy (non-hydrogen) atoms. The van der Waals surface area contributed by atoms with Gasteiger partial charge in [0.1, 0.15) is 0 Å². The summed E-state index contributed by atoms with van der Waals surface area (Å²) in [6.45, 7) is 0. The van der Waals surface area contributed by atoms with Crippen LogP contribution in [0, 0.1) is 0 Å². The topological polar surface area (TPSA) is 75.4 Å². The van der Waals surface area contributed by atoms with Gasteiger partial charge in [-0.1, -0.05) is 44.3 Å². The van der Waals surface area contributed by atoms with Crippen molar-refractivity contribution in [1.29, 1.82) is 0 Å². The first kappa shape index (κ1) is 15.8. The van der Waals surface area contributed by atoms with Gasteiger partial charge in [-0.15, -0.1) is 0 Å². The van der Waals surface area contributed by atoms with E-state index >= 15 is 0 Å². The summed E-state index contributed by atoms with van der Waals surface area (Å²) >= 11 is 5.12. The van der Waals surface area contributed by atoms with Gasteiger partial charge in [-0.2, -0.15) is 17.4 Å². The van der Waals surface area contributed by atoms with E-state index in [9.17, 15) is 8.42 Å². The van der Waals surface area contributed by atoms with E-state index in [1.54, 1.807) is 0 Å². The van der Waals surface area contributed by atoms with Crippen molar-refractivity contribution in [3.63, 3.8) is 0 Å². The summed E-state index contributed by atoms with van der Waals surface area (Å²) in [5, 5.41) is 0. The van der Waals surface area contributed by atoms with E-state index in [0.717, 1.165) is 30.0 Å². The molecule has 0 radical (unpaired) electrons. The third-order valence-corrected chi connectivity index (χ3v) is 5.48. The van der Waals surface area contributed by atoms with Crippen molar-refractivity contribution >= 4 is 27.4 Å². The van der Waals surface area contributed by atoms with Crippen LogP contribution < -0.4 is 10.5 Å². The molecule has 1 rings (SSSR count). The highest BCUT2D eigenvalue weighted by molar-refractivity contribution is 7.87. The fourth-order valence-electron chi connectivity index (χ4n) is 2.25. The summed E-state index contributed by atoms with van der Waals surface area (Å²) < 4.78 is 27.9. The number of hydrogen-bond donors (Lipinski definition) is 2. The van der Waals surface area contributed by atoms with Crippen LogP contribution in [0.2, 0.25) is 0 Å². The Morgan fingerprint density at radius 2 is 1.61 bits per heavy atom. The van der Waals surface area contributed by atoms with Crippen LogP contribution in [0.1, 0.15) is 44.9 Å². The molecule has 0 aliphatic heterocycles. The first-order valence-electron chi connectivity index (χ1n) is 6.31. The fourth-order valence-corrected chi connectivity index (χ4v) is 3.56. The minimum atomic E-state index is -3.51. The first-order chi connectivity index (χ1) is 8.30. The Kier molecular flexibility index (Phi) is 5.51. The molecule has 0 aromatic rings. The zero-order valence-electron chi connectivity index (χ0n) is 11.1. The van der Waals surface area contributed by atoms with E-state index in [4.69, 9.17) is 18.0 Å². The number of nitrogens with zero attached hydrogens (tertiary/aromatic N) is 1. The van der Waals surface area contributed by atoms with E-state index in [1.807, 2.05) is 0 Å². The average molecular weight is 293 g/mol.